The normalized spacial score (nSPS) is 18.1. The van der Waals surface area contributed by atoms with Gasteiger partial charge in [-0.2, -0.15) is 26.3 Å². The van der Waals surface area contributed by atoms with Gasteiger partial charge in [-0.25, -0.2) is 0 Å². The summed E-state index contributed by atoms with van der Waals surface area (Å²) in [5.74, 6) is -2.51. The Morgan fingerprint density at radius 1 is 0.861 bits per heavy atom. The molecule has 1 N–H and O–H groups in total. The lowest BCUT2D eigenvalue weighted by atomic mass is 9.78. The molecule has 2 amide bonds. The summed E-state index contributed by atoms with van der Waals surface area (Å²) >= 11 is 0. The molecule has 3 aromatic carbocycles. The molecular formula is C26H20F6N2O2. The van der Waals surface area contributed by atoms with Crippen LogP contribution in [0, 0.1) is 0 Å². The number of rotatable bonds is 4. The third kappa shape index (κ3) is 4.93. The topological polar surface area (TPSA) is 49.4 Å². The maximum atomic E-state index is 13.6. The van der Waals surface area contributed by atoms with Gasteiger partial charge in [0.25, 0.3) is 5.91 Å². The highest BCUT2D eigenvalue weighted by atomic mass is 19.4. The van der Waals surface area contributed by atoms with E-state index in [1.165, 1.54) is 19.2 Å². The smallest absolute Gasteiger partial charge is 0.351 e. The molecule has 0 aromatic heterocycles. The van der Waals surface area contributed by atoms with Crippen LogP contribution in [0.4, 0.5) is 26.3 Å². The molecule has 0 fully saturated rings. The van der Waals surface area contributed by atoms with Gasteiger partial charge in [-0.15, -0.1) is 0 Å². The van der Waals surface area contributed by atoms with E-state index < -0.39 is 52.8 Å². The van der Waals surface area contributed by atoms with Crippen molar-refractivity contribution in [3.8, 4) is 0 Å². The van der Waals surface area contributed by atoms with Crippen LogP contribution in [-0.2, 0) is 23.7 Å². The van der Waals surface area contributed by atoms with Crippen molar-refractivity contribution in [2.45, 2.75) is 30.9 Å². The molecule has 1 aliphatic rings. The number of benzene rings is 3. The average Bonchev–Trinajstić information content (AvgIpc) is 2.84. The highest BCUT2D eigenvalue weighted by molar-refractivity contribution is 6.01. The first-order chi connectivity index (χ1) is 16.9. The molecule has 4 nitrogen and oxygen atoms in total. The van der Waals surface area contributed by atoms with Gasteiger partial charge >= 0.3 is 12.4 Å². The lowest BCUT2D eigenvalue weighted by Gasteiger charge is -2.40. The van der Waals surface area contributed by atoms with Gasteiger partial charge in [0.15, 0.2) is 0 Å². The van der Waals surface area contributed by atoms with E-state index in [-0.39, 0.29) is 23.7 Å². The van der Waals surface area contributed by atoms with E-state index in [4.69, 9.17) is 0 Å². The SMILES string of the molecule is CN1C(=O)c2ccccc2C(C(=O)NCc2ccccc2)C1c1cc(C(F)(F)F)cc(C(F)(F)F)c1. The minimum Gasteiger partial charge on any atom is -0.351 e. The van der Waals surface area contributed by atoms with Crippen LogP contribution >= 0.6 is 0 Å². The second-order valence-electron chi connectivity index (χ2n) is 8.47. The Morgan fingerprint density at radius 3 is 2.00 bits per heavy atom. The van der Waals surface area contributed by atoms with E-state index in [1.807, 2.05) is 0 Å². The van der Waals surface area contributed by atoms with Crippen LogP contribution in [0.25, 0.3) is 0 Å². The fourth-order valence-electron chi connectivity index (χ4n) is 4.42. The van der Waals surface area contributed by atoms with Gasteiger partial charge in [0.2, 0.25) is 5.91 Å². The minimum atomic E-state index is -5.07. The number of hydrogen-bond donors (Lipinski definition) is 1. The van der Waals surface area contributed by atoms with Crippen LogP contribution in [-0.4, -0.2) is 23.8 Å². The lowest BCUT2D eigenvalue weighted by molar-refractivity contribution is -0.143. The molecule has 10 heteroatoms. The van der Waals surface area contributed by atoms with Crippen molar-refractivity contribution in [3.05, 3.63) is 106 Å². The highest BCUT2D eigenvalue weighted by Gasteiger charge is 2.45. The monoisotopic (exact) mass is 506 g/mol. The number of fused-ring (bicyclic) bond motifs is 1. The summed E-state index contributed by atoms with van der Waals surface area (Å²) in [7, 11) is 1.26. The number of nitrogens with one attached hydrogen (secondary N) is 1. The first kappa shape index (κ1) is 25.3. The number of carbonyl (C=O) groups is 2. The maximum Gasteiger partial charge on any atom is 0.416 e. The summed E-state index contributed by atoms with van der Waals surface area (Å²) in [5.41, 5.74) is -2.36. The number of nitrogens with zero attached hydrogens (tertiary/aromatic N) is 1. The van der Waals surface area contributed by atoms with Crippen LogP contribution in [0.3, 0.4) is 0 Å². The molecular weight excluding hydrogens is 486 g/mol. The summed E-state index contributed by atoms with van der Waals surface area (Å²) in [5, 5.41) is 2.71. The fraction of sp³-hybridized carbons (Fsp3) is 0.231. The number of alkyl halides is 6. The summed E-state index contributed by atoms with van der Waals surface area (Å²) in [4.78, 5) is 27.5. The minimum absolute atomic E-state index is 0.0204. The van der Waals surface area contributed by atoms with Gasteiger partial charge in [0.1, 0.15) is 0 Å². The predicted octanol–water partition coefficient (Wildman–Crippen LogP) is 5.95. The Labute approximate surface area is 202 Å². The Kier molecular flexibility index (Phi) is 6.55. The molecule has 188 valence electrons. The van der Waals surface area contributed by atoms with Crippen LogP contribution in [0.1, 0.15) is 50.1 Å². The summed E-state index contributed by atoms with van der Waals surface area (Å²) < 4.78 is 81.3. The fourth-order valence-corrected chi connectivity index (χ4v) is 4.42. The number of hydrogen-bond acceptors (Lipinski definition) is 2. The summed E-state index contributed by atoms with van der Waals surface area (Å²) in [6.45, 7) is 0.0825. The van der Waals surface area contributed by atoms with Gasteiger partial charge in [0.05, 0.1) is 23.1 Å². The molecule has 4 rings (SSSR count). The Balaban J connectivity index is 1.85. The van der Waals surface area contributed by atoms with Crippen LogP contribution in [0.2, 0.25) is 0 Å². The Morgan fingerprint density at radius 2 is 1.42 bits per heavy atom. The molecule has 0 aliphatic carbocycles. The first-order valence-electron chi connectivity index (χ1n) is 10.8. The van der Waals surface area contributed by atoms with Crippen molar-refractivity contribution in [3.63, 3.8) is 0 Å². The van der Waals surface area contributed by atoms with Gasteiger partial charge in [-0.1, -0.05) is 48.5 Å². The van der Waals surface area contributed by atoms with Crippen LogP contribution in [0.15, 0.2) is 72.8 Å². The highest BCUT2D eigenvalue weighted by Crippen LogP contribution is 2.45. The van der Waals surface area contributed by atoms with Crippen molar-refractivity contribution >= 4 is 11.8 Å². The number of likely N-dealkylation sites (N-methyl/N-ethyl adjacent to an activating group) is 1. The lowest BCUT2D eigenvalue weighted by Crippen LogP contribution is -2.45. The van der Waals surface area contributed by atoms with E-state index in [2.05, 4.69) is 5.32 Å². The molecule has 0 radical (unpaired) electrons. The Hall–Kier alpha value is -3.82. The molecule has 0 bridgehead atoms. The maximum absolute atomic E-state index is 13.6. The van der Waals surface area contributed by atoms with Gasteiger partial charge in [0, 0.05) is 19.2 Å². The third-order valence-electron chi connectivity index (χ3n) is 6.12. The van der Waals surface area contributed by atoms with Crippen molar-refractivity contribution < 1.29 is 35.9 Å². The second-order valence-corrected chi connectivity index (χ2v) is 8.47. The molecule has 0 saturated heterocycles. The van der Waals surface area contributed by atoms with Crippen LogP contribution < -0.4 is 5.32 Å². The third-order valence-corrected chi connectivity index (χ3v) is 6.12. The largest absolute Gasteiger partial charge is 0.416 e. The van der Waals surface area contributed by atoms with Crippen molar-refractivity contribution in [1.82, 2.24) is 10.2 Å². The van der Waals surface area contributed by atoms with E-state index in [9.17, 15) is 35.9 Å². The standard InChI is InChI=1S/C26H20F6N2O2/c1-34-22(16-11-17(25(27,28)29)13-18(12-16)26(30,31)32)21(19-9-5-6-10-20(19)24(34)36)23(35)33-14-15-7-3-2-4-8-15/h2-13,21-22H,14H2,1H3,(H,33,35). The van der Waals surface area contributed by atoms with Crippen molar-refractivity contribution in [2.24, 2.45) is 0 Å². The van der Waals surface area contributed by atoms with Crippen LogP contribution in [0.5, 0.6) is 0 Å². The molecule has 2 unspecified atom stereocenters. The number of carbonyl (C=O) groups excluding carboxylic acids is 2. The molecule has 0 saturated carbocycles. The van der Waals surface area contributed by atoms with Crippen molar-refractivity contribution in [1.29, 1.82) is 0 Å². The van der Waals surface area contributed by atoms with E-state index in [0.29, 0.717) is 12.1 Å². The van der Waals surface area contributed by atoms with E-state index in [1.54, 1.807) is 42.5 Å². The molecule has 1 heterocycles. The van der Waals surface area contributed by atoms with E-state index in [0.717, 1.165) is 10.5 Å². The molecule has 36 heavy (non-hydrogen) atoms. The zero-order chi connectivity index (χ0) is 26.3. The first-order valence-corrected chi connectivity index (χ1v) is 10.8. The van der Waals surface area contributed by atoms with Crippen molar-refractivity contribution in [2.75, 3.05) is 7.05 Å². The van der Waals surface area contributed by atoms with Gasteiger partial charge < -0.3 is 10.2 Å². The number of halogens is 6. The molecule has 3 aromatic rings. The quantitative estimate of drug-likeness (QED) is 0.445. The molecule has 0 spiro atoms. The predicted molar refractivity (Wildman–Crippen MR) is 119 cm³/mol. The van der Waals surface area contributed by atoms with Gasteiger partial charge in [-0.3, -0.25) is 9.59 Å². The second kappa shape index (κ2) is 9.33. The molecule has 1 aliphatic heterocycles. The van der Waals surface area contributed by atoms with E-state index >= 15 is 0 Å². The summed E-state index contributed by atoms with van der Waals surface area (Å²) in [6, 6.07) is 14.6. The number of amides is 2. The average molecular weight is 506 g/mol. The zero-order valence-corrected chi connectivity index (χ0v) is 18.8. The summed E-state index contributed by atoms with van der Waals surface area (Å²) in [6.07, 6.45) is -10.1. The van der Waals surface area contributed by atoms with Gasteiger partial charge in [-0.05, 0) is 41.0 Å². The molecule has 2 atom stereocenters. The Bertz CT molecular complexity index is 1260. The zero-order valence-electron chi connectivity index (χ0n) is 18.8.